The number of aromatic nitrogens is 2. The number of allylic oxidation sites excluding steroid dienone is 1. The average molecular weight is 639 g/mol. The van der Waals surface area contributed by atoms with Gasteiger partial charge in [0.05, 0.1) is 37.4 Å². The number of methoxy groups -OCH3 is 1. The van der Waals surface area contributed by atoms with Crippen LogP contribution in [-0.2, 0) is 19.0 Å². The number of hydrazone groups is 1. The molecule has 0 saturated heterocycles. The summed E-state index contributed by atoms with van der Waals surface area (Å²) in [5, 5.41) is 14.9. The molecule has 14 nitrogen and oxygen atoms in total. The van der Waals surface area contributed by atoms with Gasteiger partial charge in [-0.1, -0.05) is 24.8 Å². The summed E-state index contributed by atoms with van der Waals surface area (Å²) in [6.45, 7) is 12.1. The van der Waals surface area contributed by atoms with Crippen molar-refractivity contribution < 1.29 is 28.6 Å². The molecule has 1 aliphatic carbocycles. The van der Waals surface area contributed by atoms with E-state index in [0.29, 0.717) is 54.9 Å². The van der Waals surface area contributed by atoms with Crippen molar-refractivity contribution in [1.82, 2.24) is 25.2 Å². The summed E-state index contributed by atoms with van der Waals surface area (Å²) >= 11 is 0. The van der Waals surface area contributed by atoms with Gasteiger partial charge in [0, 0.05) is 32.3 Å². The third-order valence-corrected chi connectivity index (χ3v) is 6.87. The van der Waals surface area contributed by atoms with Crippen molar-refractivity contribution in [2.75, 3.05) is 44.5 Å². The number of amides is 3. The molecule has 0 aromatic carbocycles. The second kappa shape index (κ2) is 16.5. The van der Waals surface area contributed by atoms with Crippen molar-refractivity contribution >= 4 is 35.8 Å². The van der Waals surface area contributed by atoms with Gasteiger partial charge in [-0.25, -0.2) is 14.6 Å². The Kier molecular flexibility index (Phi) is 12.8. The minimum absolute atomic E-state index is 0.226. The van der Waals surface area contributed by atoms with Crippen molar-refractivity contribution in [1.29, 1.82) is 0 Å². The first kappa shape index (κ1) is 35.7. The Morgan fingerprint density at radius 1 is 1.20 bits per heavy atom. The zero-order valence-corrected chi connectivity index (χ0v) is 28.0. The van der Waals surface area contributed by atoms with E-state index < -0.39 is 29.9 Å². The highest BCUT2D eigenvalue weighted by Crippen LogP contribution is 2.30. The molecule has 250 valence electrons. The molecular weight excluding hydrogens is 592 g/mol. The van der Waals surface area contributed by atoms with Gasteiger partial charge in [-0.2, -0.15) is 9.99 Å². The molecule has 1 aliphatic heterocycles. The van der Waals surface area contributed by atoms with E-state index in [9.17, 15) is 14.4 Å². The van der Waals surface area contributed by atoms with Crippen LogP contribution in [0.1, 0.15) is 66.4 Å². The Morgan fingerprint density at radius 2 is 1.96 bits per heavy atom. The largest absolute Gasteiger partial charge is 0.483 e. The standard InChI is InChI=1S/C32H46N8O6/c1-9-17-33-26-22(14-12-11-13-18-34-27(41)21(3)39(7)30(42)46-32(4,5)6)20-35-29(37-26)36-23-15-16-24-25(19-23)40(31(43)45-10-2)38-28(24)44-8/h15-16,19-21,24-25H,9-11,13,17-18H2,1-8H3,(H,34,41)(H2,33,35,36,37)/t21-,24?,25?/m0/s1. The highest BCUT2D eigenvalue weighted by molar-refractivity contribution is 5.87. The third kappa shape index (κ3) is 9.85. The van der Waals surface area contributed by atoms with Gasteiger partial charge in [0.2, 0.25) is 17.8 Å². The maximum atomic E-state index is 12.5. The highest BCUT2D eigenvalue weighted by atomic mass is 16.6. The fraction of sp³-hybridized carbons (Fsp3) is 0.562. The van der Waals surface area contributed by atoms with Crippen LogP contribution in [0.3, 0.4) is 0 Å². The van der Waals surface area contributed by atoms with Crippen LogP contribution in [-0.4, -0.2) is 95.4 Å². The number of hydrogen-bond donors (Lipinski definition) is 3. The number of ether oxygens (including phenoxy) is 3. The van der Waals surface area contributed by atoms with E-state index in [4.69, 9.17) is 14.2 Å². The number of unbranched alkanes of at least 4 members (excludes halogenated alkanes) is 1. The van der Waals surface area contributed by atoms with E-state index >= 15 is 0 Å². The highest BCUT2D eigenvalue weighted by Gasteiger charge is 2.41. The predicted molar refractivity (Wildman–Crippen MR) is 175 cm³/mol. The van der Waals surface area contributed by atoms with Crippen molar-refractivity contribution in [2.24, 2.45) is 11.0 Å². The van der Waals surface area contributed by atoms with Crippen LogP contribution >= 0.6 is 0 Å². The quantitative estimate of drug-likeness (QED) is 0.238. The Balaban J connectivity index is 1.59. The molecule has 0 radical (unpaired) electrons. The summed E-state index contributed by atoms with van der Waals surface area (Å²) in [5.74, 6) is 7.14. The fourth-order valence-electron chi connectivity index (χ4n) is 4.37. The maximum absolute atomic E-state index is 12.5. The number of nitrogens with zero attached hydrogens (tertiary/aromatic N) is 5. The number of carbonyl (C=O) groups is 3. The van der Waals surface area contributed by atoms with Gasteiger partial charge in [0.15, 0.2) is 0 Å². The average Bonchev–Trinajstić information content (AvgIpc) is 3.38. The summed E-state index contributed by atoms with van der Waals surface area (Å²) in [5.41, 5.74) is 0.695. The van der Waals surface area contributed by atoms with Crippen LogP contribution in [0.15, 0.2) is 35.2 Å². The molecule has 0 fully saturated rings. The van der Waals surface area contributed by atoms with E-state index in [-0.39, 0.29) is 18.4 Å². The SMILES string of the molecule is CCCNc1nc(NC2=CC3C(C=C2)C(OC)=NN3C(=O)OCC)ncc1C#CCCCNC(=O)[C@H](C)N(C)C(=O)OC(C)(C)C. The fourth-order valence-corrected chi connectivity index (χ4v) is 4.37. The van der Waals surface area contributed by atoms with Gasteiger partial charge < -0.3 is 30.2 Å². The first-order valence-corrected chi connectivity index (χ1v) is 15.5. The lowest BCUT2D eigenvalue weighted by molar-refractivity contribution is -0.125. The first-order valence-electron chi connectivity index (χ1n) is 15.5. The van der Waals surface area contributed by atoms with Gasteiger partial charge >= 0.3 is 12.2 Å². The number of carbonyl (C=O) groups excluding carboxylic acids is 3. The molecule has 3 amide bonds. The molecule has 1 aromatic rings. The first-order chi connectivity index (χ1) is 21.9. The monoisotopic (exact) mass is 638 g/mol. The molecule has 1 aromatic heterocycles. The van der Waals surface area contributed by atoms with Gasteiger partial charge in [-0.15, -0.1) is 5.10 Å². The van der Waals surface area contributed by atoms with Crippen molar-refractivity contribution in [3.63, 3.8) is 0 Å². The topological polar surface area (TPSA) is 160 Å². The van der Waals surface area contributed by atoms with E-state index in [2.05, 4.69) is 49.8 Å². The summed E-state index contributed by atoms with van der Waals surface area (Å²) in [6.07, 6.45) is 8.24. The van der Waals surface area contributed by atoms with Crippen molar-refractivity contribution in [3.8, 4) is 11.8 Å². The second-order valence-corrected chi connectivity index (χ2v) is 11.7. The smallest absolute Gasteiger partial charge is 0.431 e. The van der Waals surface area contributed by atoms with Crippen LogP contribution < -0.4 is 16.0 Å². The van der Waals surface area contributed by atoms with Crippen LogP contribution in [0.5, 0.6) is 0 Å². The molecule has 2 heterocycles. The summed E-state index contributed by atoms with van der Waals surface area (Å²) in [7, 11) is 3.06. The Bertz CT molecular complexity index is 1410. The van der Waals surface area contributed by atoms with Crippen molar-refractivity contribution in [2.45, 2.75) is 78.5 Å². The number of hydrogen-bond acceptors (Lipinski definition) is 11. The predicted octanol–water partition coefficient (Wildman–Crippen LogP) is 4.08. The number of fused-ring (bicyclic) bond motifs is 1. The number of nitrogens with one attached hydrogen (secondary N) is 3. The lowest BCUT2D eigenvalue weighted by Crippen LogP contribution is -2.47. The summed E-state index contributed by atoms with van der Waals surface area (Å²) in [4.78, 5) is 47.6. The maximum Gasteiger partial charge on any atom is 0.431 e. The third-order valence-electron chi connectivity index (χ3n) is 6.87. The molecule has 3 rings (SSSR count). The number of likely N-dealkylation sites (N-methyl/N-ethyl adjacent to an activating group) is 1. The molecule has 2 aliphatic rings. The number of anilines is 2. The van der Waals surface area contributed by atoms with Crippen LogP contribution in [0, 0.1) is 17.8 Å². The van der Waals surface area contributed by atoms with Gasteiger partial charge in [0.1, 0.15) is 17.5 Å². The van der Waals surface area contributed by atoms with Gasteiger partial charge in [0.25, 0.3) is 0 Å². The van der Waals surface area contributed by atoms with Gasteiger partial charge in [-0.3, -0.25) is 9.69 Å². The molecule has 0 saturated carbocycles. The molecule has 0 bridgehead atoms. The second-order valence-electron chi connectivity index (χ2n) is 11.7. The Morgan fingerprint density at radius 3 is 2.63 bits per heavy atom. The lowest BCUT2D eigenvalue weighted by atomic mass is 9.94. The van der Waals surface area contributed by atoms with Crippen LogP contribution in [0.4, 0.5) is 21.4 Å². The molecule has 0 spiro atoms. The van der Waals surface area contributed by atoms with Crippen LogP contribution in [0.25, 0.3) is 0 Å². The molecule has 14 heteroatoms. The van der Waals surface area contributed by atoms with E-state index in [1.807, 2.05) is 18.2 Å². The summed E-state index contributed by atoms with van der Waals surface area (Å²) in [6, 6.07) is -1.09. The normalized spacial score (nSPS) is 17.3. The zero-order valence-electron chi connectivity index (χ0n) is 28.0. The molecule has 46 heavy (non-hydrogen) atoms. The van der Waals surface area contributed by atoms with Crippen LogP contribution in [0.2, 0.25) is 0 Å². The van der Waals surface area contributed by atoms with Gasteiger partial charge in [-0.05, 0) is 59.6 Å². The zero-order chi connectivity index (χ0) is 33.9. The lowest BCUT2D eigenvalue weighted by Gasteiger charge is -2.28. The minimum Gasteiger partial charge on any atom is -0.483 e. The van der Waals surface area contributed by atoms with E-state index in [1.165, 1.54) is 24.1 Å². The van der Waals surface area contributed by atoms with E-state index in [1.54, 1.807) is 40.8 Å². The Hall–Kier alpha value is -4.80. The number of rotatable bonds is 11. The minimum atomic E-state index is -0.676. The molecule has 3 N–H and O–H groups in total. The Labute approximate surface area is 271 Å². The molecule has 3 atom stereocenters. The summed E-state index contributed by atoms with van der Waals surface area (Å²) < 4.78 is 15.9. The van der Waals surface area contributed by atoms with E-state index in [0.717, 1.165) is 6.42 Å². The molecular formula is C32H46N8O6. The molecule has 2 unspecified atom stereocenters. The van der Waals surface area contributed by atoms with Crippen molar-refractivity contribution in [3.05, 3.63) is 35.7 Å².